The van der Waals surface area contributed by atoms with Gasteiger partial charge in [-0.1, -0.05) is 83.6 Å². The lowest BCUT2D eigenvalue weighted by molar-refractivity contribution is 0.645. The summed E-state index contributed by atoms with van der Waals surface area (Å²) in [6.07, 6.45) is 0.757. The Hall–Kier alpha value is -1.69. The number of fused-ring (bicyclic) bond motifs is 1. The first-order chi connectivity index (χ1) is 14.2. The van der Waals surface area contributed by atoms with Crippen molar-refractivity contribution in [1.82, 2.24) is 0 Å². The number of benzene rings is 3. The molecular formula is C25H28BrNOSSi. The number of hydrogen-bond acceptors (Lipinski definition) is 2. The Morgan fingerprint density at radius 1 is 0.933 bits per heavy atom. The van der Waals surface area contributed by atoms with Crippen molar-refractivity contribution in [3.63, 3.8) is 0 Å². The van der Waals surface area contributed by atoms with Gasteiger partial charge in [0, 0.05) is 9.37 Å². The molecule has 0 spiro atoms. The van der Waals surface area contributed by atoms with Crippen LogP contribution in [-0.4, -0.2) is 17.5 Å². The molecule has 0 bridgehead atoms. The van der Waals surface area contributed by atoms with E-state index in [1.807, 2.05) is 24.3 Å². The minimum Gasteiger partial charge on any atom is -0.244 e. The first kappa shape index (κ1) is 21.5. The van der Waals surface area contributed by atoms with Crippen LogP contribution in [0.25, 0.3) is 0 Å². The van der Waals surface area contributed by atoms with Crippen LogP contribution < -0.4 is 0 Å². The summed E-state index contributed by atoms with van der Waals surface area (Å²) in [5.41, 5.74) is 4.82. The second-order valence-electron chi connectivity index (χ2n) is 9.24. The van der Waals surface area contributed by atoms with E-state index >= 15 is 0 Å². The number of hydrogen-bond donors (Lipinski definition) is 0. The predicted octanol–water partition coefficient (Wildman–Crippen LogP) is 7.50. The summed E-state index contributed by atoms with van der Waals surface area (Å²) in [5, 5.41) is -0.0528. The van der Waals surface area contributed by atoms with Crippen LogP contribution in [0.15, 0.2) is 86.5 Å². The Morgan fingerprint density at radius 2 is 1.57 bits per heavy atom. The fraction of sp³-hybridized carbons (Fsp3) is 0.280. The van der Waals surface area contributed by atoms with E-state index in [0.717, 1.165) is 21.5 Å². The molecule has 0 aliphatic carbocycles. The van der Waals surface area contributed by atoms with Crippen molar-refractivity contribution in [2.45, 2.75) is 48.7 Å². The second-order valence-corrected chi connectivity index (χ2v) is 17.9. The molecular weight excluding hydrogens is 470 g/mol. The van der Waals surface area contributed by atoms with Crippen molar-refractivity contribution in [3.8, 4) is 0 Å². The normalized spacial score (nSPS) is 23.5. The lowest BCUT2D eigenvalue weighted by atomic mass is 10.0. The maximum absolute atomic E-state index is 14.8. The molecule has 0 N–H and O–H groups in total. The summed E-state index contributed by atoms with van der Waals surface area (Å²) in [6, 6.07) is 24.9. The van der Waals surface area contributed by atoms with Crippen LogP contribution in [0.2, 0.25) is 19.6 Å². The van der Waals surface area contributed by atoms with Gasteiger partial charge < -0.3 is 0 Å². The summed E-state index contributed by atoms with van der Waals surface area (Å²) in [7, 11) is -4.35. The molecule has 1 aliphatic heterocycles. The van der Waals surface area contributed by atoms with Crippen molar-refractivity contribution in [2.24, 2.45) is 4.36 Å². The number of halogens is 1. The molecule has 30 heavy (non-hydrogen) atoms. The lowest BCUT2D eigenvalue weighted by Gasteiger charge is -2.41. The Labute approximate surface area is 190 Å². The molecule has 0 saturated heterocycles. The zero-order valence-electron chi connectivity index (χ0n) is 17.9. The van der Waals surface area contributed by atoms with E-state index in [4.69, 9.17) is 4.36 Å². The molecule has 0 fully saturated rings. The summed E-state index contributed by atoms with van der Waals surface area (Å²) in [4.78, 5) is 0.855. The van der Waals surface area contributed by atoms with Gasteiger partial charge in [0.2, 0.25) is 0 Å². The third-order valence-corrected chi connectivity index (χ3v) is 12.0. The highest BCUT2D eigenvalue weighted by atomic mass is 79.9. The first-order valence-corrected chi connectivity index (χ1v) is 16.3. The molecule has 3 aromatic rings. The Bertz CT molecular complexity index is 1170. The van der Waals surface area contributed by atoms with Crippen molar-refractivity contribution in [3.05, 3.63) is 94.0 Å². The van der Waals surface area contributed by atoms with E-state index in [-0.39, 0.29) is 10.8 Å². The predicted molar refractivity (Wildman–Crippen MR) is 134 cm³/mol. The minimum atomic E-state index is -2.63. The molecule has 3 atom stereocenters. The summed E-state index contributed by atoms with van der Waals surface area (Å²) >= 11 is 3.53. The third kappa shape index (κ3) is 4.07. The molecule has 0 radical (unpaired) electrons. The molecule has 1 heterocycles. The summed E-state index contributed by atoms with van der Waals surface area (Å²) in [5.74, 6) is 0. The van der Waals surface area contributed by atoms with Crippen LogP contribution in [0.1, 0.15) is 22.2 Å². The van der Waals surface area contributed by atoms with Gasteiger partial charge in [0.25, 0.3) is 0 Å². The average Bonchev–Trinajstić information content (AvgIpc) is 2.69. The fourth-order valence-electron chi connectivity index (χ4n) is 4.50. The van der Waals surface area contributed by atoms with E-state index in [1.165, 1.54) is 16.7 Å². The van der Waals surface area contributed by atoms with E-state index in [0.29, 0.717) is 0 Å². The third-order valence-electron chi connectivity index (χ3n) is 5.93. The standard InChI is InChI=1S/C25H28BrNOSSi/c1-18-9-15-21(16-10-18)29(28)24(17-19-11-13-20(26)14-12-19)25(30(2,3)4)22-7-5-6-8-23(22)27-29/h5-16,24-25H,17H2,1-4H3/t24-,25-,29-/m1/s1. The number of aryl methyl sites for hydroxylation is 1. The van der Waals surface area contributed by atoms with Gasteiger partial charge in [0.05, 0.1) is 28.7 Å². The monoisotopic (exact) mass is 497 g/mol. The largest absolute Gasteiger partial charge is 0.244 e. The van der Waals surface area contributed by atoms with Crippen LogP contribution in [0.3, 0.4) is 0 Å². The van der Waals surface area contributed by atoms with Gasteiger partial charge >= 0.3 is 0 Å². The first-order valence-electron chi connectivity index (χ1n) is 10.3. The van der Waals surface area contributed by atoms with E-state index in [9.17, 15) is 4.21 Å². The quantitative estimate of drug-likeness (QED) is 0.343. The molecule has 0 saturated carbocycles. The fourth-order valence-corrected chi connectivity index (χ4v) is 11.5. The smallest absolute Gasteiger partial charge is 0.0836 e. The van der Waals surface area contributed by atoms with Gasteiger partial charge in [-0.2, -0.15) is 4.36 Å². The molecule has 1 aliphatic rings. The molecule has 156 valence electrons. The Balaban J connectivity index is 1.96. The highest BCUT2D eigenvalue weighted by Gasteiger charge is 2.45. The van der Waals surface area contributed by atoms with Crippen molar-refractivity contribution >= 4 is 39.4 Å². The van der Waals surface area contributed by atoms with E-state index < -0.39 is 17.8 Å². The molecule has 0 unspecified atom stereocenters. The topological polar surface area (TPSA) is 29.4 Å². The lowest BCUT2D eigenvalue weighted by Crippen LogP contribution is -2.45. The van der Waals surface area contributed by atoms with Crippen molar-refractivity contribution in [1.29, 1.82) is 0 Å². The average molecular weight is 499 g/mol. The number of rotatable bonds is 4. The van der Waals surface area contributed by atoms with Crippen LogP contribution in [0.4, 0.5) is 5.69 Å². The van der Waals surface area contributed by atoms with E-state index in [1.54, 1.807) is 0 Å². The Morgan fingerprint density at radius 3 is 2.20 bits per heavy atom. The second kappa shape index (κ2) is 8.10. The van der Waals surface area contributed by atoms with Gasteiger partial charge in [-0.25, -0.2) is 4.21 Å². The molecule has 4 rings (SSSR count). The summed E-state index contributed by atoms with van der Waals surface area (Å²) < 4.78 is 20.8. The highest BCUT2D eigenvalue weighted by Crippen LogP contribution is 2.47. The Kier molecular flexibility index (Phi) is 5.81. The van der Waals surface area contributed by atoms with Crippen molar-refractivity contribution < 1.29 is 4.21 Å². The molecule has 3 aromatic carbocycles. The molecule has 2 nitrogen and oxygen atoms in total. The summed E-state index contributed by atoms with van der Waals surface area (Å²) in [6.45, 7) is 9.24. The zero-order valence-corrected chi connectivity index (χ0v) is 21.3. The van der Waals surface area contributed by atoms with Gasteiger partial charge in [0.15, 0.2) is 0 Å². The zero-order chi connectivity index (χ0) is 21.5. The molecule has 0 aromatic heterocycles. The van der Waals surface area contributed by atoms with Crippen LogP contribution in [-0.2, 0) is 16.1 Å². The van der Waals surface area contributed by atoms with Gasteiger partial charge in [0.1, 0.15) is 0 Å². The minimum absolute atomic E-state index is 0.0528. The van der Waals surface area contributed by atoms with Crippen LogP contribution >= 0.6 is 15.9 Å². The number of nitrogens with zero attached hydrogens (tertiary/aromatic N) is 1. The maximum atomic E-state index is 14.8. The highest BCUT2D eigenvalue weighted by molar-refractivity contribution is 9.10. The van der Waals surface area contributed by atoms with Crippen molar-refractivity contribution in [2.75, 3.05) is 0 Å². The maximum Gasteiger partial charge on any atom is 0.0836 e. The molecule has 5 heteroatoms. The SMILES string of the molecule is Cc1ccc([S@]2(=O)=Nc3ccccc3[C@@H]([Si](C)(C)C)[C@H]2Cc2ccc(Br)cc2)cc1. The van der Waals surface area contributed by atoms with E-state index in [2.05, 4.69) is 91.0 Å². The molecule has 0 amide bonds. The van der Waals surface area contributed by atoms with Crippen LogP contribution in [0.5, 0.6) is 0 Å². The van der Waals surface area contributed by atoms with Gasteiger partial charge in [-0.15, -0.1) is 0 Å². The van der Waals surface area contributed by atoms with Crippen LogP contribution in [0, 0.1) is 6.92 Å². The van der Waals surface area contributed by atoms with Gasteiger partial charge in [-0.3, -0.25) is 0 Å². The van der Waals surface area contributed by atoms with Gasteiger partial charge in [-0.05, 0) is 60.3 Å².